The highest BCUT2D eigenvalue weighted by Crippen LogP contribution is 2.39. The number of aliphatic hydroxyl groups excluding tert-OH is 1. The summed E-state index contributed by atoms with van der Waals surface area (Å²) in [7, 11) is 0. The molecule has 2 unspecified atom stereocenters. The van der Waals surface area contributed by atoms with Gasteiger partial charge in [0, 0.05) is 82.8 Å². The standard InChI is InChI=1S/C17H20F2N4O.C17H18F2N4O.C16H18F2N4O2.C16H16F2N4O2.CH4/c2*1-10-4-3-5-11(2)16(24)22-14-9-21-23(17(18)19)15(14)12-6-7-20-13(10)8-12;2*1-9-3-2-4-13(23)11-7-10(5-6-19-11)14-12(21-15(9)24)8-20-22(14)16(17)18;/h6-11,17H,3-5H2,1-2H3,(H,22,24);4,6-9,11,17H,3,5H2,1-2H3,(H,22,24);5-9,13,16,23H,2-4H2,1H3,(H,21,24);5-9,16H,2-4H2,1H3,(H,21,24);1H4/b;10-4-;;;/t10?,11-;11-;9-,13?;9-;/m1111./s1. The highest BCUT2D eigenvalue weighted by Gasteiger charge is 2.29. The van der Waals surface area contributed by atoms with Crippen LogP contribution in [-0.2, 0) is 19.2 Å². The average molecular weight is 1350 g/mol. The van der Waals surface area contributed by atoms with Gasteiger partial charge in [-0.2, -0.15) is 55.5 Å². The van der Waals surface area contributed by atoms with Crippen LogP contribution < -0.4 is 21.3 Å². The monoisotopic (exact) mass is 1350 g/mol. The Balaban J connectivity index is 0.000000165. The van der Waals surface area contributed by atoms with E-state index >= 15 is 0 Å². The Hall–Kier alpha value is -9.87. The molecule has 6 atom stereocenters. The third-order valence-corrected chi connectivity index (χ3v) is 16.9. The SMILES string of the molecule is C.C/C1=C/CC[C@@H](C)C(=O)Nc2cnn(C(F)F)c2-c2ccnc1c2.CC1CCC[C@@H](C)C(=O)Nc2cnn(C(F)F)c2-c2ccnc1c2.C[C@@H]1CCCC(=O)c2cc(ccn2)-c2c(cnn2C(F)F)NC1=O.C[C@@H]1CCCC(O)c2cc(ccn2)-c2c(cnn2C(F)F)NC1=O. The Labute approximate surface area is 553 Å². The van der Waals surface area contributed by atoms with Gasteiger partial charge in [0.2, 0.25) is 23.6 Å². The molecule has 8 bridgehead atoms. The summed E-state index contributed by atoms with van der Waals surface area (Å²) in [6.07, 6.45) is 19.2. The molecule has 8 aromatic heterocycles. The molecular weight excluding hydrogens is 1280 g/mol. The first-order valence-corrected chi connectivity index (χ1v) is 31.3. The molecule has 97 heavy (non-hydrogen) atoms. The van der Waals surface area contributed by atoms with Crippen LogP contribution in [0.15, 0.2) is 104 Å². The van der Waals surface area contributed by atoms with Gasteiger partial charge in [-0.25, -0.2) is 18.7 Å². The van der Waals surface area contributed by atoms with E-state index < -0.39 is 32.3 Å². The van der Waals surface area contributed by atoms with Crippen LogP contribution in [-0.4, -0.2) is 93.6 Å². The van der Waals surface area contributed by atoms with Crippen LogP contribution in [0.1, 0.15) is 185 Å². The number of nitrogens with one attached hydrogen (secondary N) is 4. The number of Topliss-reactive ketones (excluding diaryl/α,β-unsaturated/α-hetero) is 1. The number of anilines is 4. The van der Waals surface area contributed by atoms with E-state index in [1.807, 2.05) is 26.8 Å². The van der Waals surface area contributed by atoms with Crippen molar-refractivity contribution in [3.8, 4) is 45.0 Å². The van der Waals surface area contributed by atoms with E-state index in [0.717, 1.165) is 42.6 Å². The number of ketones is 1. The number of carbonyl (C=O) groups excluding carboxylic acids is 5. The molecule has 8 aromatic rings. The molecule has 12 rings (SSSR count). The molecule has 4 aliphatic rings. The van der Waals surface area contributed by atoms with Crippen molar-refractivity contribution in [3.63, 3.8) is 0 Å². The summed E-state index contributed by atoms with van der Waals surface area (Å²) in [4.78, 5) is 78.2. The molecular formula is C67H76F8N16O6. The van der Waals surface area contributed by atoms with Crippen LogP contribution in [0.4, 0.5) is 57.9 Å². The quantitative estimate of drug-likeness (QED) is 0.103. The molecule has 30 heteroatoms. The van der Waals surface area contributed by atoms with Gasteiger partial charge < -0.3 is 26.4 Å². The Morgan fingerprint density at radius 3 is 1.19 bits per heavy atom. The second-order valence-electron chi connectivity index (χ2n) is 23.9. The fraction of sp³-hybridized carbons (Fsp3) is 0.418. The fourth-order valence-corrected chi connectivity index (χ4v) is 11.3. The highest BCUT2D eigenvalue weighted by molar-refractivity contribution is 6.00. The number of amides is 4. The molecule has 516 valence electrons. The van der Waals surface area contributed by atoms with Gasteiger partial charge in [0.1, 0.15) is 5.69 Å². The first kappa shape index (κ1) is 72.9. The van der Waals surface area contributed by atoms with Crippen molar-refractivity contribution in [2.75, 3.05) is 21.3 Å². The Morgan fingerprint density at radius 1 is 0.433 bits per heavy atom. The van der Waals surface area contributed by atoms with Crippen molar-refractivity contribution in [2.24, 2.45) is 23.7 Å². The first-order chi connectivity index (χ1) is 45.9. The number of carbonyl (C=O) groups is 5. The zero-order valence-electron chi connectivity index (χ0n) is 53.2. The lowest BCUT2D eigenvalue weighted by molar-refractivity contribution is -0.120. The van der Waals surface area contributed by atoms with E-state index in [1.165, 1.54) is 49.3 Å². The Kier molecular flexibility index (Phi) is 24.6. The molecule has 0 fully saturated rings. The van der Waals surface area contributed by atoms with E-state index in [2.05, 4.69) is 68.5 Å². The van der Waals surface area contributed by atoms with Gasteiger partial charge in [-0.15, -0.1) is 0 Å². The third-order valence-electron chi connectivity index (χ3n) is 16.9. The predicted octanol–water partition coefficient (Wildman–Crippen LogP) is 15.4. The smallest absolute Gasteiger partial charge is 0.333 e. The minimum absolute atomic E-state index is 0. The lowest BCUT2D eigenvalue weighted by Crippen LogP contribution is -2.21. The highest BCUT2D eigenvalue weighted by atomic mass is 19.3. The van der Waals surface area contributed by atoms with Crippen molar-refractivity contribution in [3.05, 3.63) is 127 Å². The van der Waals surface area contributed by atoms with E-state index in [-0.39, 0.29) is 118 Å². The minimum atomic E-state index is -2.87. The summed E-state index contributed by atoms with van der Waals surface area (Å²) in [6.45, 7) is -0.153. The number of rotatable bonds is 4. The number of aromatic nitrogens is 12. The molecule has 0 saturated heterocycles. The van der Waals surface area contributed by atoms with Gasteiger partial charge in [-0.1, -0.05) is 54.5 Å². The van der Waals surface area contributed by atoms with Crippen molar-refractivity contribution >= 4 is 57.7 Å². The topological polar surface area (TPSA) is 277 Å². The number of aliphatic hydroxyl groups is 1. The molecule has 0 aromatic carbocycles. The van der Waals surface area contributed by atoms with E-state index in [0.29, 0.717) is 90.9 Å². The Morgan fingerprint density at radius 2 is 0.763 bits per heavy atom. The summed E-state index contributed by atoms with van der Waals surface area (Å²) in [5, 5.41) is 35.9. The molecule has 22 nitrogen and oxygen atoms in total. The number of nitrogens with zero attached hydrogens (tertiary/aromatic N) is 12. The number of allylic oxidation sites excluding steroid dienone is 2. The van der Waals surface area contributed by atoms with Crippen LogP contribution >= 0.6 is 0 Å². The summed E-state index contributed by atoms with van der Waals surface area (Å²) in [5.41, 5.74) is 6.61. The number of pyridine rings is 4. The third kappa shape index (κ3) is 17.6. The van der Waals surface area contributed by atoms with E-state index in [9.17, 15) is 64.2 Å². The molecule has 5 N–H and O–H groups in total. The zero-order valence-corrected chi connectivity index (χ0v) is 53.2. The predicted molar refractivity (Wildman–Crippen MR) is 347 cm³/mol. The molecule has 0 aliphatic carbocycles. The molecule has 4 amide bonds. The summed E-state index contributed by atoms with van der Waals surface area (Å²) < 4.78 is 109. The number of hydrogen-bond acceptors (Lipinski definition) is 14. The maximum absolute atomic E-state index is 13.3. The van der Waals surface area contributed by atoms with Crippen molar-refractivity contribution < 1.29 is 64.2 Å². The van der Waals surface area contributed by atoms with E-state index in [1.54, 1.807) is 62.6 Å². The zero-order chi connectivity index (χ0) is 69.1. The van der Waals surface area contributed by atoms with Gasteiger partial charge in [-0.3, -0.25) is 43.9 Å². The summed E-state index contributed by atoms with van der Waals surface area (Å²) in [6, 6.07) is 12.9. The van der Waals surface area contributed by atoms with Crippen LogP contribution in [0.2, 0.25) is 0 Å². The van der Waals surface area contributed by atoms with Crippen molar-refractivity contribution in [1.29, 1.82) is 0 Å². The van der Waals surface area contributed by atoms with Crippen molar-refractivity contribution in [2.45, 2.75) is 158 Å². The average Bonchev–Trinajstić information content (AvgIpc) is 1.70. The number of hydrogen-bond donors (Lipinski definition) is 5. The second-order valence-corrected chi connectivity index (χ2v) is 23.9. The molecule has 0 saturated carbocycles. The van der Waals surface area contributed by atoms with E-state index in [4.69, 9.17) is 0 Å². The first-order valence-electron chi connectivity index (χ1n) is 31.3. The number of halogens is 8. The maximum atomic E-state index is 13.3. The van der Waals surface area contributed by atoms with Crippen LogP contribution in [0.5, 0.6) is 0 Å². The largest absolute Gasteiger partial charge is 0.387 e. The van der Waals surface area contributed by atoms with Crippen molar-refractivity contribution in [1.82, 2.24) is 59.1 Å². The normalized spacial score (nSPS) is 20.4. The molecule has 0 spiro atoms. The number of alkyl halides is 8. The summed E-state index contributed by atoms with van der Waals surface area (Å²) in [5.74, 6) is -1.95. The van der Waals surface area contributed by atoms with Crippen LogP contribution in [0.25, 0.3) is 50.6 Å². The van der Waals surface area contributed by atoms with Gasteiger partial charge >= 0.3 is 26.2 Å². The van der Waals surface area contributed by atoms with Gasteiger partial charge in [0.05, 0.1) is 87.8 Å². The summed E-state index contributed by atoms with van der Waals surface area (Å²) >= 11 is 0. The van der Waals surface area contributed by atoms with Gasteiger partial charge in [0.25, 0.3) is 0 Å². The number of fused-ring (bicyclic) bond motifs is 16. The van der Waals surface area contributed by atoms with Gasteiger partial charge in [0.15, 0.2) is 5.78 Å². The molecule has 4 aliphatic heterocycles. The fourth-order valence-electron chi connectivity index (χ4n) is 11.3. The lowest BCUT2D eigenvalue weighted by atomic mass is 9.94. The Bertz CT molecular complexity index is 3990. The lowest BCUT2D eigenvalue weighted by Gasteiger charge is -2.18. The molecule has 12 heterocycles. The maximum Gasteiger partial charge on any atom is 0.333 e. The molecule has 0 radical (unpaired) electrons. The van der Waals surface area contributed by atoms with Crippen LogP contribution in [0, 0.1) is 23.7 Å². The minimum Gasteiger partial charge on any atom is -0.387 e. The van der Waals surface area contributed by atoms with Gasteiger partial charge in [-0.05, 0) is 125 Å². The second kappa shape index (κ2) is 32.7. The van der Waals surface area contributed by atoms with Crippen LogP contribution in [0.3, 0.4) is 0 Å².